The van der Waals surface area contributed by atoms with Crippen LogP contribution in [0.5, 0.6) is 5.75 Å². The van der Waals surface area contributed by atoms with E-state index in [2.05, 4.69) is 10.6 Å². The van der Waals surface area contributed by atoms with E-state index >= 15 is 0 Å². The van der Waals surface area contributed by atoms with Crippen molar-refractivity contribution in [3.05, 3.63) is 57.1 Å². The minimum absolute atomic E-state index is 0.00104. The Balaban J connectivity index is 1.97. The summed E-state index contributed by atoms with van der Waals surface area (Å²) in [6, 6.07) is 9.39. The number of nitro benzene ring substituents is 1. The number of anilines is 2. The molecule has 0 bridgehead atoms. The summed E-state index contributed by atoms with van der Waals surface area (Å²) in [5.41, 5.74) is 0.985. The van der Waals surface area contributed by atoms with E-state index < -0.39 is 10.8 Å². The number of nitro groups is 1. The van der Waals surface area contributed by atoms with Gasteiger partial charge in [0.15, 0.2) is 13.1 Å². The van der Waals surface area contributed by atoms with Gasteiger partial charge in [-0.05, 0) is 30.7 Å². The lowest BCUT2D eigenvalue weighted by atomic mass is 10.1. The summed E-state index contributed by atoms with van der Waals surface area (Å²) >= 11 is 5.94. The molecule has 0 radical (unpaired) electrons. The van der Waals surface area contributed by atoms with Crippen molar-refractivity contribution in [3.8, 4) is 5.75 Å². The molecule has 1 unspecified atom stereocenters. The van der Waals surface area contributed by atoms with E-state index in [-0.39, 0.29) is 30.4 Å². The van der Waals surface area contributed by atoms with E-state index in [9.17, 15) is 19.7 Å². The fourth-order valence-corrected chi connectivity index (χ4v) is 2.91. The number of ether oxygens (including phenoxy) is 1. The molecule has 10 heteroatoms. The lowest BCUT2D eigenvalue weighted by Gasteiger charge is -2.15. The number of carbonyl (C=O) groups excluding carboxylic acids is 2. The molecule has 0 saturated carbocycles. The maximum absolute atomic E-state index is 12.3. The molecule has 0 spiro atoms. The van der Waals surface area contributed by atoms with Crippen molar-refractivity contribution in [3.63, 3.8) is 0 Å². The highest BCUT2D eigenvalue weighted by atomic mass is 35.5. The average molecular weight is 422 g/mol. The van der Waals surface area contributed by atoms with Crippen LogP contribution in [0.25, 0.3) is 0 Å². The summed E-state index contributed by atoms with van der Waals surface area (Å²) in [4.78, 5) is 35.8. The maximum atomic E-state index is 12.3. The third-order valence-corrected chi connectivity index (χ3v) is 4.31. The van der Waals surface area contributed by atoms with Crippen molar-refractivity contribution < 1.29 is 24.1 Å². The number of para-hydroxylation sites is 1. The first-order valence-electron chi connectivity index (χ1n) is 8.69. The van der Waals surface area contributed by atoms with Gasteiger partial charge in [0.05, 0.1) is 24.8 Å². The smallest absolute Gasteiger partial charge is 0.293 e. The summed E-state index contributed by atoms with van der Waals surface area (Å²) in [5.74, 6) is -0.309. The summed E-state index contributed by atoms with van der Waals surface area (Å²) in [5, 5.41) is 16.9. The van der Waals surface area contributed by atoms with Gasteiger partial charge in [-0.3, -0.25) is 19.7 Å². The number of nitrogens with one attached hydrogen (secondary N) is 3. The predicted molar refractivity (Wildman–Crippen MR) is 110 cm³/mol. The molecule has 0 fully saturated rings. The van der Waals surface area contributed by atoms with Crippen molar-refractivity contribution in [2.24, 2.45) is 0 Å². The van der Waals surface area contributed by atoms with Gasteiger partial charge in [0.1, 0.15) is 11.4 Å². The van der Waals surface area contributed by atoms with Gasteiger partial charge >= 0.3 is 0 Å². The highest BCUT2D eigenvalue weighted by Gasteiger charge is 2.21. The number of halogens is 1. The molecule has 3 N–H and O–H groups in total. The van der Waals surface area contributed by atoms with Crippen LogP contribution in [-0.4, -0.2) is 44.0 Å². The zero-order valence-corrected chi connectivity index (χ0v) is 17.0. The summed E-state index contributed by atoms with van der Waals surface area (Å²) in [6.45, 7) is 1.62. The number of hydrogen-bond acceptors (Lipinski definition) is 5. The fourth-order valence-electron chi connectivity index (χ4n) is 2.73. The number of benzene rings is 2. The van der Waals surface area contributed by atoms with Crippen LogP contribution in [0.1, 0.15) is 5.56 Å². The number of amides is 2. The van der Waals surface area contributed by atoms with Crippen LogP contribution in [0, 0.1) is 17.0 Å². The Morgan fingerprint density at radius 2 is 1.83 bits per heavy atom. The lowest BCUT2D eigenvalue weighted by Crippen LogP contribution is -3.11. The molecule has 0 aromatic heterocycles. The first-order chi connectivity index (χ1) is 13.7. The van der Waals surface area contributed by atoms with E-state index in [4.69, 9.17) is 16.3 Å². The van der Waals surface area contributed by atoms with E-state index in [0.717, 1.165) is 0 Å². The predicted octanol–water partition coefficient (Wildman–Crippen LogP) is 1.66. The molecule has 154 valence electrons. The number of quaternary nitrogens is 1. The SMILES string of the molecule is COc1ccc(Cl)cc1NC(=O)C[NH+](C)CC(=O)Nc1c(C)cccc1[N+](=O)[O-]. The topological polar surface area (TPSA) is 115 Å². The molecule has 9 nitrogen and oxygen atoms in total. The number of hydrogen-bond donors (Lipinski definition) is 3. The molecule has 0 heterocycles. The van der Waals surface area contributed by atoms with E-state index in [1.54, 1.807) is 44.3 Å². The molecule has 0 saturated heterocycles. The van der Waals surface area contributed by atoms with E-state index in [1.165, 1.54) is 13.2 Å². The molecule has 2 aromatic rings. The molecule has 0 aliphatic carbocycles. The zero-order valence-electron chi connectivity index (χ0n) is 16.2. The lowest BCUT2D eigenvalue weighted by molar-refractivity contribution is -0.862. The van der Waals surface area contributed by atoms with Crippen molar-refractivity contribution in [2.75, 3.05) is 37.9 Å². The Morgan fingerprint density at radius 3 is 2.45 bits per heavy atom. The van der Waals surface area contributed by atoms with Crippen LogP contribution in [0.3, 0.4) is 0 Å². The van der Waals surface area contributed by atoms with Gasteiger partial charge < -0.3 is 20.3 Å². The first-order valence-corrected chi connectivity index (χ1v) is 9.07. The second-order valence-electron chi connectivity index (χ2n) is 6.48. The number of carbonyl (C=O) groups is 2. The van der Waals surface area contributed by atoms with E-state index in [0.29, 0.717) is 26.9 Å². The minimum atomic E-state index is -0.551. The Labute approximate surface area is 172 Å². The summed E-state index contributed by atoms with van der Waals surface area (Å²) in [7, 11) is 3.14. The van der Waals surface area contributed by atoms with Crippen molar-refractivity contribution in [1.82, 2.24) is 0 Å². The Morgan fingerprint density at radius 1 is 1.17 bits per heavy atom. The molecule has 29 heavy (non-hydrogen) atoms. The van der Waals surface area contributed by atoms with Gasteiger partial charge in [-0.2, -0.15) is 0 Å². The van der Waals surface area contributed by atoms with E-state index in [1.807, 2.05) is 0 Å². The van der Waals surface area contributed by atoms with Gasteiger partial charge in [0, 0.05) is 11.1 Å². The quantitative estimate of drug-likeness (QED) is 0.443. The molecule has 2 aromatic carbocycles. The first kappa shape index (κ1) is 22.1. The van der Waals surface area contributed by atoms with Crippen molar-refractivity contribution in [1.29, 1.82) is 0 Å². The highest BCUT2D eigenvalue weighted by molar-refractivity contribution is 6.31. The van der Waals surface area contributed by atoms with Gasteiger partial charge in [0.25, 0.3) is 17.5 Å². The number of likely N-dealkylation sites (N-methyl/N-ethyl adjacent to an activating group) is 1. The second kappa shape index (κ2) is 9.85. The van der Waals surface area contributed by atoms with Crippen molar-refractivity contribution >= 4 is 40.5 Å². The molecular weight excluding hydrogens is 400 g/mol. The van der Waals surface area contributed by atoms with Crippen LogP contribution in [0.2, 0.25) is 5.02 Å². The Hall–Kier alpha value is -3.17. The normalized spacial score (nSPS) is 11.4. The minimum Gasteiger partial charge on any atom is -0.495 e. The molecule has 0 aliphatic rings. The van der Waals surface area contributed by atoms with Crippen LogP contribution >= 0.6 is 11.6 Å². The number of aryl methyl sites for hydroxylation is 1. The van der Waals surface area contributed by atoms with Crippen LogP contribution in [0.15, 0.2) is 36.4 Å². The highest BCUT2D eigenvalue weighted by Crippen LogP contribution is 2.28. The van der Waals surface area contributed by atoms with Gasteiger partial charge in [-0.15, -0.1) is 0 Å². The second-order valence-corrected chi connectivity index (χ2v) is 6.91. The van der Waals surface area contributed by atoms with Crippen molar-refractivity contribution in [2.45, 2.75) is 6.92 Å². The number of nitrogens with zero attached hydrogens (tertiary/aromatic N) is 1. The Kier molecular flexibility index (Phi) is 7.52. The third-order valence-electron chi connectivity index (χ3n) is 4.07. The Bertz CT molecular complexity index is 935. The molecule has 1 atom stereocenters. The number of methoxy groups -OCH3 is 1. The zero-order chi connectivity index (χ0) is 21.6. The largest absolute Gasteiger partial charge is 0.495 e. The molecule has 0 aliphatic heterocycles. The molecular formula is C19H22ClN4O5+. The third kappa shape index (κ3) is 6.16. The standard InChI is InChI=1S/C19H21ClN4O5/c1-12-5-4-6-15(24(27)28)19(12)22-18(26)11-23(2)10-17(25)21-14-9-13(20)7-8-16(14)29-3/h4-9H,10-11H2,1-3H3,(H,21,25)(H,22,26)/p+1. The average Bonchev–Trinajstić information content (AvgIpc) is 2.63. The van der Waals surface area contributed by atoms with Crippen LogP contribution < -0.4 is 20.3 Å². The summed E-state index contributed by atoms with van der Waals surface area (Å²) in [6.07, 6.45) is 0. The van der Waals surface area contributed by atoms with Gasteiger partial charge in [-0.25, -0.2) is 0 Å². The van der Waals surface area contributed by atoms with Gasteiger partial charge in [0.2, 0.25) is 0 Å². The van der Waals surface area contributed by atoms with Crippen LogP contribution in [-0.2, 0) is 9.59 Å². The fraction of sp³-hybridized carbons (Fsp3) is 0.263. The maximum Gasteiger partial charge on any atom is 0.293 e. The van der Waals surface area contributed by atoms with Gasteiger partial charge in [-0.1, -0.05) is 23.7 Å². The van der Waals surface area contributed by atoms with Crippen LogP contribution in [0.4, 0.5) is 17.1 Å². The molecule has 2 amide bonds. The molecule has 2 rings (SSSR count). The number of rotatable bonds is 8. The monoisotopic (exact) mass is 421 g/mol. The summed E-state index contributed by atoms with van der Waals surface area (Å²) < 4.78 is 5.18.